The van der Waals surface area contributed by atoms with E-state index in [0.717, 1.165) is 22.4 Å². The molecule has 1 aromatic heterocycles. The standard InChI is InChI=1S/C19H20N2O3/c1-12(2)23-15-7-5-14(6-8-15)20-19(22)11-17-16-10-13(3)4-9-18(16)24-21-17/h4-10,12H,11H2,1-3H3,(H,20,22). The number of nitrogens with zero attached hydrogens (tertiary/aromatic N) is 1. The lowest BCUT2D eigenvalue weighted by Crippen LogP contribution is -2.14. The van der Waals surface area contributed by atoms with Gasteiger partial charge in [-0.25, -0.2) is 0 Å². The molecule has 24 heavy (non-hydrogen) atoms. The van der Waals surface area contributed by atoms with Crippen molar-refractivity contribution in [2.24, 2.45) is 0 Å². The van der Waals surface area contributed by atoms with Crippen LogP contribution < -0.4 is 10.1 Å². The van der Waals surface area contributed by atoms with Gasteiger partial charge in [-0.15, -0.1) is 0 Å². The van der Waals surface area contributed by atoms with Crippen molar-refractivity contribution in [1.82, 2.24) is 5.16 Å². The number of aryl methyl sites for hydroxylation is 1. The van der Waals surface area contributed by atoms with Crippen molar-refractivity contribution in [1.29, 1.82) is 0 Å². The predicted octanol–water partition coefficient (Wildman–Crippen LogP) is 4.10. The number of aromatic nitrogens is 1. The molecule has 0 aliphatic heterocycles. The largest absolute Gasteiger partial charge is 0.491 e. The Morgan fingerprint density at radius 2 is 1.96 bits per heavy atom. The highest BCUT2D eigenvalue weighted by atomic mass is 16.5. The van der Waals surface area contributed by atoms with Gasteiger partial charge >= 0.3 is 0 Å². The van der Waals surface area contributed by atoms with Gasteiger partial charge in [-0.3, -0.25) is 4.79 Å². The van der Waals surface area contributed by atoms with Crippen LogP contribution in [0.1, 0.15) is 25.1 Å². The van der Waals surface area contributed by atoms with Crippen LogP contribution >= 0.6 is 0 Å². The molecule has 0 radical (unpaired) electrons. The van der Waals surface area contributed by atoms with E-state index in [4.69, 9.17) is 9.26 Å². The molecule has 2 aromatic carbocycles. The number of hydrogen-bond acceptors (Lipinski definition) is 4. The van der Waals surface area contributed by atoms with Gasteiger partial charge in [-0.05, 0) is 57.2 Å². The first-order valence-electron chi connectivity index (χ1n) is 7.93. The van der Waals surface area contributed by atoms with Crippen LogP contribution in [0.3, 0.4) is 0 Å². The number of carbonyl (C=O) groups excluding carboxylic acids is 1. The molecule has 5 nitrogen and oxygen atoms in total. The van der Waals surface area contributed by atoms with Gasteiger partial charge in [0.2, 0.25) is 5.91 Å². The van der Waals surface area contributed by atoms with Gasteiger partial charge in [0.05, 0.1) is 12.5 Å². The lowest BCUT2D eigenvalue weighted by molar-refractivity contribution is -0.115. The minimum atomic E-state index is -0.135. The van der Waals surface area contributed by atoms with E-state index in [0.29, 0.717) is 11.3 Å². The van der Waals surface area contributed by atoms with Crippen LogP contribution in [0.4, 0.5) is 5.69 Å². The Morgan fingerprint density at radius 3 is 2.67 bits per heavy atom. The lowest BCUT2D eigenvalue weighted by Gasteiger charge is -2.10. The van der Waals surface area contributed by atoms with Crippen LogP contribution in [0.25, 0.3) is 11.0 Å². The molecule has 0 spiro atoms. The fourth-order valence-corrected chi connectivity index (χ4v) is 2.48. The predicted molar refractivity (Wildman–Crippen MR) is 93.3 cm³/mol. The molecule has 0 unspecified atom stereocenters. The zero-order chi connectivity index (χ0) is 17.1. The van der Waals surface area contributed by atoms with Crippen LogP contribution in [0.5, 0.6) is 5.75 Å². The van der Waals surface area contributed by atoms with Crippen molar-refractivity contribution >= 4 is 22.6 Å². The molecule has 0 saturated carbocycles. The number of fused-ring (bicyclic) bond motifs is 1. The van der Waals surface area contributed by atoms with Crippen LogP contribution in [-0.2, 0) is 11.2 Å². The van der Waals surface area contributed by atoms with E-state index in [1.807, 2.05) is 63.2 Å². The molecule has 0 fully saturated rings. The van der Waals surface area contributed by atoms with Crippen molar-refractivity contribution in [2.75, 3.05) is 5.32 Å². The van der Waals surface area contributed by atoms with Crippen LogP contribution in [0.2, 0.25) is 0 Å². The molecular weight excluding hydrogens is 304 g/mol. The smallest absolute Gasteiger partial charge is 0.230 e. The molecule has 1 amide bonds. The van der Waals surface area contributed by atoms with Crippen LogP contribution in [0.15, 0.2) is 47.0 Å². The van der Waals surface area contributed by atoms with Gasteiger partial charge in [-0.2, -0.15) is 0 Å². The van der Waals surface area contributed by atoms with Crippen molar-refractivity contribution in [3.8, 4) is 5.75 Å². The molecule has 3 aromatic rings. The van der Waals surface area contributed by atoms with E-state index < -0.39 is 0 Å². The number of nitrogens with one attached hydrogen (secondary N) is 1. The van der Waals surface area contributed by atoms with Gasteiger partial charge in [0.15, 0.2) is 5.58 Å². The Labute approximate surface area is 140 Å². The van der Waals surface area contributed by atoms with E-state index >= 15 is 0 Å². The quantitative estimate of drug-likeness (QED) is 0.767. The molecule has 0 aliphatic carbocycles. The maximum Gasteiger partial charge on any atom is 0.230 e. The Morgan fingerprint density at radius 1 is 1.21 bits per heavy atom. The molecule has 0 saturated heterocycles. The summed E-state index contributed by atoms with van der Waals surface area (Å²) >= 11 is 0. The Balaban J connectivity index is 1.67. The highest BCUT2D eigenvalue weighted by molar-refractivity contribution is 5.94. The first kappa shape index (κ1) is 16.1. The third-order valence-corrected chi connectivity index (χ3v) is 3.54. The molecule has 1 N–H and O–H groups in total. The van der Waals surface area contributed by atoms with Crippen molar-refractivity contribution in [3.63, 3.8) is 0 Å². The third-order valence-electron chi connectivity index (χ3n) is 3.54. The summed E-state index contributed by atoms with van der Waals surface area (Å²) in [7, 11) is 0. The maximum atomic E-state index is 12.2. The Hall–Kier alpha value is -2.82. The van der Waals surface area contributed by atoms with E-state index in [1.54, 1.807) is 0 Å². The average molecular weight is 324 g/mol. The van der Waals surface area contributed by atoms with Crippen LogP contribution in [-0.4, -0.2) is 17.2 Å². The minimum absolute atomic E-state index is 0.120. The highest BCUT2D eigenvalue weighted by Gasteiger charge is 2.13. The molecular formula is C19H20N2O3. The third kappa shape index (κ3) is 3.74. The fourth-order valence-electron chi connectivity index (χ4n) is 2.48. The molecule has 1 heterocycles. The summed E-state index contributed by atoms with van der Waals surface area (Å²) in [5.41, 5.74) is 3.16. The minimum Gasteiger partial charge on any atom is -0.491 e. The summed E-state index contributed by atoms with van der Waals surface area (Å²) in [5.74, 6) is 0.644. The number of ether oxygens (including phenoxy) is 1. The van der Waals surface area contributed by atoms with E-state index in [1.165, 1.54) is 0 Å². The SMILES string of the molecule is Cc1ccc2onc(CC(=O)Nc3ccc(OC(C)C)cc3)c2c1. The topological polar surface area (TPSA) is 64.4 Å². The fraction of sp³-hybridized carbons (Fsp3) is 0.263. The summed E-state index contributed by atoms with van der Waals surface area (Å²) < 4.78 is 10.8. The number of amides is 1. The van der Waals surface area contributed by atoms with Gasteiger partial charge < -0.3 is 14.6 Å². The van der Waals surface area contributed by atoms with Gasteiger partial charge in [0.25, 0.3) is 0 Å². The van der Waals surface area contributed by atoms with E-state index in [2.05, 4.69) is 10.5 Å². The maximum absolute atomic E-state index is 12.2. The first-order valence-corrected chi connectivity index (χ1v) is 7.93. The molecule has 0 bridgehead atoms. The summed E-state index contributed by atoms with van der Waals surface area (Å²) in [4.78, 5) is 12.2. The van der Waals surface area contributed by atoms with E-state index in [-0.39, 0.29) is 18.4 Å². The number of rotatable bonds is 5. The zero-order valence-corrected chi connectivity index (χ0v) is 14.0. The second kappa shape index (κ2) is 6.74. The second-order valence-electron chi connectivity index (χ2n) is 6.04. The average Bonchev–Trinajstić information content (AvgIpc) is 2.91. The monoisotopic (exact) mass is 324 g/mol. The van der Waals surface area contributed by atoms with E-state index in [9.17, 15) is 4.79 Å². The molecule has 5 heteroatoms. The molecule has 3 rings (SSSR count). The zero-order valence-electron chi connectivity index (χ0n) is 14.0. The highest BCUT2D eigenvalue weighted by Crippen LogP contribution is 2.21. The Kier molecular flexibility index (Phi) is 4.51. The lowest BCUT2D eigenvalue weighted by atomic mass is 10.1. The summed E-state index contributed by atoms with van der Waals surface area (Å²) in [6.45, 7) is 5.94. The number of carbonyl (C=O) groups is 1. The van der Waals surface area contributed by atoms with Crippen molar-refractivity contribution in [3.05, 3.63) is 53.7 Å². The van der Waals surface area contributed by atoms with Gasteiger partial charge in [0.1, 0.15) is 11.4 Å². The van der Waals surface area contributed by atoms with Crippen molar-refractivity contribution in [2.45, 2.75) is 33.3 Å². The number of benzene rings is 2. The summed E-state index contributed by atoms with van der Waals surface area (Å²) in [6.07, 6.45) is 0.287. The molecule has 124 valence electrons. The molecule has 0 atom stereocenters. The number of anilines is 1. The van der Waals surface area contributed by atoms with Gasteiger partial charge in [-0.1, -0.05) is 16.8 Å². The number of hydrogen-bond donors (Lipinski definition) is 1. The second-order valence-corrected chi connectivity index (χ2v) is 6.04. The van der Waals surface area contributed by atoms with Crippen molar-refractivity contribution < 1.29 is 14.1 Å². The summed E-state index contributed by atoms with van der Waals surface area (Å²) in [6, 6.07) is 13.1. The Bertz CT molecular complexity index is 851. The summed E-state index contributed by atoms with van der Waals surface area (Å²) in [5, 5.41) is 7.75. The molecule has 0 aliphatic rings. The van der Waals surface area contributed by atoms with Gasteiger partial charge in [0, 0.05) is 11.1 Å². The normalized spacial score (nSPS) is 11.0. The van der Waals surface area contributed by atoms with Crippen LogP contribution in [0, 0.1) is 6.92 Å². The first-order chi connectivity index (χ1) is 11.5.